The van der Waals surface area contributed by atoms with Gasteiger partial charge >= 0.3 is 5.92 Å². The number of aliphatic hydroxyl groups is 1. The van der Waals surface area contributed by atoms with Crippen molar-refractivity contribution in [1.82, 2.24) is 10.2 Å². The van der Waals surface area contributed by atoms with E-state index in [9.17, 15) is 14.7 Å². The molecule has 47 heavy (non-hydrogen) atoms. The largest absolute Gasteiger partial charge is 0.490 e. The van der Waals surface area contributed by atoms with Gasteiger partial charge in [-0.2, -0.15) is 8.78 Å². The number of hydrogen-bond donors (Lipinski definition) is 2. The zero-order valence-electron chi connectivity index (χ0n) is 26.3. The third-order valence-corrected chi connectivity index (χ3v) is 9.70. The number of benzene rings is 4. The number of carbonyl (C=O) groups excluding carboxylic acids is 2. The lowest BCUT2D eigenvalue weighted by Crippen LogP contribution is -2.58. The molecular weight excluding hydrogens is 622 g/mol. The lowest BCUT2D eigenvalue weighted by atomic mass is 9.94. The smallest absolute Gasteiger partial charge is 0.301 e. The monoisotopic (exact) mass is 660 g/mol. The molecule has 2 amide bonds. The van der Waals surface area contributed by atoms with Gasteiger partial charge < -0.3 is 20.1 Å². The van der Waals surface area contributed by atoms with Crippen LogP contribution in [0.5, 0.6) is 5.75 Å². The van der Waals surface area contributed by atoms with E-state index in [0.717, 1.165) is 47.8 Å². The van der Waals surface area contributed by atoms with Crippen LogP contribution >= 0.6 is 11.6 Å². The number of likely N-dealkylation sites (tertiary alicyclic amines) is 1. The molecule has 2 fully saturated rings. The number of alkyl halides is 2. The molecule has 1 heterocycles. The molecule has 1 aliphatic carbocycles. The van der Waals surface area contributed by atoms with Gasteiger partial charge in [0.15, 0.2) is 12.1 Å². The minimum Gasteiger partial charge on any atom is -0.490 e. The van der Waals surface area contributed by atoms with Gasteiger partial charge in [0.25, 0.3) is 11.8 Å². The van der Waals surface area contributed by atoms with Gasteiger partial charge in [-0.15, -0.1) is 0 Å². The highest BCUT2D eigenvalue weighted by atomic mass is 35.5. The Bertz CT molecular complexity index is 1720. The minimum absolute atomic E-state index is 0.209. The van der Waals surface area contributed by atoms with E-state index in [4.69, 9.17) is 16.3 Å². The second kappa shape index (κ2) is 14.0. The van der Waals surface area contributed by atoms with E-state index in [0.29, 0.717) is 42.4 Å². The van der Waals surface area contributed by atoms with E-state index in [1.807, 2.05) is 18.2 Å². The molecule has 1 saturated carbocycles. The highest BCUT2D eigenvalue weighted by molar-refractivity contribution is 6.30. The molecule has 4 aromatic rings. The normalized spacial score (nSPS) is 17.4. The van der Waals surface area contributed by atoms with Gasteiger partial charge in [-0.05, 0) is 102 Å². The fourth-order valence-electron chi connectivity index (χ4n) is 6.47. The topological polar surface area (TPSA) is 78.9 Å². The average Bonchev–Trinajstić information content (AvgIpc) is 3.60. The summed E-state index contributed by atoms with van der Waals surface area (Å²) in [7, 11) is 0. The summed E-state index contributed by atoms with van der Waals surface area (Å²) in [5.74, 6) is -4.60. The van der Waals surface area contributed by atoms with E-state index in [2.05, 4.69) is 12.2 Å². The third kappa shape index (κ3) is 7.44. The minimum atomic E-state index is -3.77. The quantitative estimate of drug-likeness (QED) is 0.190. The Morgan fingerprint density at radius 2 is 1.47 bits per heavy atom. The summed E-state index contributed by atoms with van der Waals surface area (Å²) in [5.41, 5.74) is 1.30. The maximum absolute atomic E-state index is 16.3. The molecule has 2 atom stereocenters. The first-order chi connectivity index (χ1) is 22.6. The molecule has 2 unspecified atom stereocenters. The third-order valence-electron chi connectivity index (χ3n) is 9.44. The lowest BCUT2D eigenvalue weighted by molar-refractivity contribution is -0.152. The number of carbonyl (C=O) groups is 2. The predicted molar refractivity (Wildman–Crippen MR) is 179 cm³/mol. The van der Waals surface area contributed by atoms with Crippen LogP contribution in [0.3, 0.4) is 0 Å². The SMILES string of the molecule is CC1CCN(C(=O)C(NC(=O)C(O)c2ccc3cc(OC4CCCC4)ccc3c2)C(F)(F)c2ccc(-c3ccc(Cl)cc3)cc2)CC1. The van der Waals surface area contributed by atoms with Crippen LogP contribution in [-0.4, -0.2) is 47.1 Å². The van der Waals surface area contributed by atoms with Crippen LogP contribution in [0.25, 0.3) is 21.9 Å². The molecule has 1 aliphatic heterocycles. The second-order valence-corrected chi connectivity index (χ2v) is 13.3. The molecule has 9 heteroatoms. The molecule has 0 radical (unpaired) electrons. The van der Waals surface area contributed by atoms with Gasteiger partial charge in [-0.1, -0.05) is 73.1 Å². The molecule has 1 saturated heterocycles. The van der Waals surface area contributed by atoms with Crippen molar-refractivity contribution in [3.63, 3.8) is 0 Å². The number of amides is 2. The first kappa shape index (κ1) is 32.9. The standard InChI is InChI=1S/C38H39ClF2N2O4/c1-24-18-20-43(21-19-24)37(46)35(38(40,41)30-13-8-25(9-14-30)26-10-15-31(39)16-11-26)42-36(45)34(44)29-7-6-28-23-33(17-12-27(28)22-29)47-32-4-2-3-5-32/h6-17,22-24,32,34-35,44H,2-5,18-21H2,1H3,(H,42,45). The maximum Gasteiger partial charge on any atom is 0.301 e. The zero-order chi connectivity index (χ0) is 33.1. The Kier molecular flexibility index (Phi) is 9.80. The average molecular weight is 661 g/mol. The second-order valence-electron chi connectivity index (χ2n) is 12.9. The molecule has 0 aromatic heterocycles. The Morgan fingerprint density at radius 1 is 0.872 bits per heavy atom. The van der Waals surface area contributed by atoms with Crippen LogP contribution in [0, 0.1) is 5.92 Å². The fraction of sp³-hybridized carbons (Fsp3) is 0.368. The first-order valence-corrected chi connectivity index (χ1v) is 16.7. The predicted octanol–water partition coefficient (Wildman–Crippen LogP) is 8.05. The number of hydrogen-bond acceptors (Lipinski definition) is 4. The van der Waals surface area contributed by atoms with Crippen LogP contribution < -0.4 is 10.1 Å². The van der Waals surface area contributed by atoms with Gasteiger partial charge in [0.1, 0.15) is 5.75 Å². The number of nitrogens with one attached hydrogen (secondary N) is 1. The van der Waals surface area contributed by atoms with E-state index in [1.165, 1.54) is 17.0 Å². The van der Waals surface area contributed by atoms with Crippen molar-refractivity contribution in [2.75, 3.05) is 13.1 Å². The summed E-state index contributed by atoms with van der Waals surface area (Å²) in [6, 6.07) is 21.0. The summed E-state index contributed by atoms with van der Waals surface area (Å²) in [4.78, 5) is 28.5. The lowest BCUT2D eigenvalue weighted by Gasteiger charge is -2.36. The summed E-state index contributed by atoms with van der Waals surface area (Å²) >= 11 is 5.99. The number of rotatable bonds is 9. The number of halogens is 3. The van der Waals surface area contributed by atoms with Crippen molar-refractivity contribution in [2.45, 2.75) is 69.6 Å². The van der Waals surface area contributed by atoms with E-state index in [-0.39, 0.29) is 11.7 Å². The highest BCUT2D eigenvalue weighted by Gasteiger charge is 2.49. The van der Waals surface area contributed by atoms with Gasteiger partial charge in [-0.3, -0.25) is 9.59 Å². The van der Waals surface area contributed by atoms with Crippen molar-refractivity contribution >= 4 is 34.2 Å². The summed E-state index contributed by atoms with van der Waals surface area (Å²) in [6.45, 7) is 2.69. The van der Waals surface area contributed by atoms with Crippen molar-refractivity contribution in [2.24, 2.45) is 5.92 Å². The van der Waals surface area contributed by atoms with Crippen molar-refractivity contribution in [1.29, 1.82) is 0 Å². The Balaban J connectivity index is 1.23. The Hall–Kier alpha value is -4.01. The molecule has 6 rings (SSSR count). The number of nitrogens with zero attached hydrogens (tertiary/aromatic N) is 1. The number of piperidine rings is 1. The zero-order valence-corrected chi connectivity index (χ0v) is 27.1. The summed E-state index contributed by atoms with van der Waals surface area (Å²) < 4.78 is 38.8. The van der Waals surface area contributed by atoms with Crippen molar-refractivity contribution < 1.29 is 28.2 Å². The van der Waals surface area contributed by atoms with Gasteiger partial charge in [0, 0.05) is 23.7 Å². The van der Waals surface area contributed by atoms with Crippen LogP contribution in [-0.2, 0) is 15.5 Å². The van der Waals surface area contributed by atoms with Gasteiger partial charge in [-0.25, -0.2) is 0 Å². The molecule has 0 bridgehead atoms. The van der Waals surface area contributed by atoms with Gasteiger partial charge in [0.2, 0.25) is 0 Å². The highest BCUT2D eigenvalue weighted by Crippen LogP contribution is 2.36. The Morgan fingerprint density at radius 3 is 2.13 bits per heavy atom. The molecule has 6 nitrogen and oxygen atoms in total. The molecule has 2 aliphatic rings. The number of ether oxygens (including phenoxy) is 1. The summed E-state index contributed by atoms with van der Waals surface area (Å²) in [6.07, 6.45) is 4.19. The van der Waals surface area contributed by atoms with Crippen LogP contribution in [0.1, 0.15) is 62.7 Å². The van der Waals surface area contributed by atoms with Crippen molar-refractivity contribution in [3.8, 4) is 16.9 Å². The number of fused-ring (bicyclic) bond motifs is 1. The molecule has 246 valence electrons. The van der Waals surface area contributed by atoms with Crippen LogP contribution in [0.15, 0.2) is 84.9 Å². The van der Waals surface area contributed by atoms with E-state index in [1.54, 1.807) is 54.6 Å². The molecule has 4 aromatic carbocycles. The molecular formula is C38H39ClF2N2O4. The van der Waals surface area contributed by atoms with Crippen LogP contribution in [0.2, 0.25) is 5.02 Å². The first-order valence-electron chi connectivity index (χ1n) is 16.3. The maximum atomic E-state index is 16.3. The fourth-order valence-corrected chi connectivity index (χ4v) is 6.60. The van der Waals surface area contributed by atoms with Crippen molar-refractivity contribution in [3.05, 3.63) is 101 Å². The Labute approximate surface area is 278 Å². The van der Waals surface area contributed by atoms with Gasteiger partial charge in [0.05, 0.1) is 6.10 Å². The summed E-state index contributed by atoms with van der Waals surface area (Å²) in [5, 5.41) is 15.5. The van der Waals surface area contributed by atoms with Crippen LogP contribution in [0.4, 0.5) is 8.78 Å². The van der Waals surface area contributed by atoms with E-state index < -0.39 is 35.4 Å². The van der Waals surface area contributed by atoms with E-state index >= 15 is 8.78 Å². The molecule has 0 spiro atoms. The molecule has 2 N–H and O–H groups in total. The number of aliphatic hydroxyl groups excluding tert-OH is 1.